The van der Waals surface area contributed by atoms with Crippen LogP contribution in [0.1, 0.15) is 36.2 Å². The molecular formula is C18H23ClN2O2. The molecule has 4 nitrogen and oxygen atoms in total. The number of nitrogens with one attached hydrogen (secondary N) is 1. The van der Waals surface area contributed by atoms with E-state index in [1.807, 2.05) is 35.9 Å². The van der Waals surface area contributed by atoms with Gasteiger partial charge in [-0.1, -0.05) is 30.5 Å². The molecule has 1 amide bonds. The summed E-state index contributed by atoms with van der Waals surface area (Å²) < 4.78 is 7.28. The van der Waals surface area contributed by atoms with E-state index in [9.17, 15) is 4.79 Å². The zero-order valence-corrected chi connectivity index (χ0v) is 14.4. The first kappa shape index (κ1) is 16.3. The van der Waals surface area contributed by atoms with E-state index in [2.05, 4.69) is 5.32 Å². The number of amides is 1. The van der Waals surface area contributed by atoms with Gasteiger partial charge in [0.2, 0.25) is 0 Å². The molecule has 3 rings (SSSR count). The van der Waals surface area contributed by atoms with Gasteiger partial charge >= 0.3 is 0 Å². The Labute approximate surface area is 141 Å². The van der Waals surface area contributed by atoms with Crippen molar-refractivity contribution in [2.75, 3.05) is 20.3 Å². The molecule has 1 saturated carbocycles. The molecule has 124 valence electrons. The molecule has 0 saturated heterocycles. The minimum absolute atomic E-state index is 0.0536. The van der Waals surface area contributed by atoms with Gasteiger partial charge in [0.25, 0.3) is 5.91 Å². The number of aromatic nitrogens is 1. The van der Waals surface area contributed by atoms with Gasteiger partial charge in [-0.25, -0.2) is 0 Å². The summed E-state index contributed by atoms with van der Waals surface area (Å²) in [6.45, 7) is 1.36. The fraction of sp³-hybridized carbons (Fsp3) is 0.500. The molecule has 0 unspecified atom stereocenters. The number of halogens is 1. The van der Waals surface area contributed by atoms with E-state index in [0.29, 0.717) is 23.9 Å². The third kappa shape index (κ3) is 3.10. The summed E-state index contributed by atoms with van der Waals surface area (Å²) >= 11 is 6.23. The zero-order valence-electron chi connectivity index (χ0n) is 13.7. The Morgan fingerprint density at radius 1 is 1.39 bits per heavy atom. The summed E-state index contributed by atoms with van der Waals surface area (Å²) in [6.07, 6.45) is 4.65. The Bertz CT molecular complexity index is 717. The fourth-order valence-corrected chi connectivity index (χ4v) is 3.93. The molecule has 1 heterocycles. The first-order valence-corrected chi connectivity index (χ1v) is 8.45. The number of hydrogen-bond donors (Lipinski definition) is 1. The van der Waals surface area contributed by atoms with Gasteiger partial charge < -0.3 is 14.6 Å². The third-order valence-electron chi connectivity index (χ3n) is 5.00. The van der Waals surface area contributed by atoms with Crippen molar-refractivity contribution >= 4 is 28.4 Å². The van der Waals surface area contributed by atoms with Gasteiger partial charge in [-0.05, 0) is 31.0 Å². The van der Waals surface area contributed by atoms with Crippen molar-refractivity contribution in [3.05, 3.63) is 35.0 Å². The summed E-state index contributed by atoms with van der Waals surface area (Å²) in [6, 6.07) is 7.59. The van der Waals surface area contributed by atoms with Crippen molar-refractivity contribution in [1.29, 1.82) is 0 Å². The molecule has 1 aliphatic carbocycles. The van der Waals surface area contributed by atoms with Crippen LogP contribution >= 0.6 is 11.6 Å². The molecule has 1 N–H and O–H groups in total. The lowest BCUT2D eigenvalue weighted by molar-refractivity contribution is 0.0737. The lowest BCUT2D eigenvalue weighted by atomic mass is 9.87. The largest absolute Gasteiger partial charge is 0.384 e. The van der Waals surface area contributed by atoms with E-state index in [4.69, 9.17) is 16.3 Å². The van der Waals surface area contributed by atoms with Gasteiger partial charge in [-0.3, -0.25) is 4.79 Å². The number of carbonyl (C=O) groups excluding carboxylic acids is 1. The second-order valence-electron chi connectivity index (χ2n) is 6.58. The van der Waals surface area contributed by atoms with Crippen LogP contribution in [0.4, 0.5) is 0 Å². The number of hydrogen-bond acceptors (Lipinski definition) is 2. The molecule has 1 aromatic heterocycles. The van der Waals surface area contributed by atoms with Crippen molar-refractivity contribution in [1.82, 2.24) is 9.88 Å². The Balaban J connectivity index is 1.78. The standard InChI is InChI=1S/C18H23ClN2O2/c1-21-15-7-5-6-14(19)13(15)10-16(21)17(22)20-11-18(12-23-2)8-3-4-9-18/h5-7,10H,3-4,8-9,11-12H2,1-2H3,(H,20,22). The van der Waals surface area contributed by atoms with Gasteiger partial charge in [-0.15, -0.1) is 0 Å². The predicted octanol–water partition coefficient (Wildman–Crippen LogP) is 3.77. The maximum absolute atomic E-state index is 12.6. The molecule has 0 spiro atoms. The summed E-state index contributed by atoms with van der Waals surface area (Å²) in [5.41, 5.74) is 1.70. The second kappa shape index (κ2) is 6.54. The highest BCUT2D eigenvalue weighted by Crippen LogP contribution is 2.37. The predicted molar refractivity (Wildman–Crippen MR) is 93.0 cm³/mol. The Morgan fingerprint density at radius 3 is 2.78 bits per heavy atom. The summed E-state index contributed by atoms with van der Waals surface area (Å²) in [5.74, 6) is -0.0536. The molecule has 5 heteroatoms. The molecule has 1 aliphatic rings. The van der Waals surface area contributed by atoms with Crippen LogP contribution in [0.15, 0.2) is 24.3 Å². The third-order valence-corrected chi connectivity index (χ3v) is 5.33. The van der Waals surface area contributed by atoms with Crippen molar-refractivity contribution < 1.29 is 9.53 Å². The fourth-order valence-electron chi connectivity index (χ4n) is 3.70. The van der Waals surface area contributed by atoms with Crippen LogP contribution in [0.5, 0.6) is 0 Å². The van der Waals surface area contributed by atoms with Crippen molar-refractivity contribution in [3.63, 3.8) is 0 Å². The summed E-state index contributed by atoms with van der Waals surface area (Å²) in [7, 11) is 3.63. The number of fused-ring (bicyclic) bond motifs is 1. The van der Waals surface area contributed by atoms with E-state index < -0.39 is 0 Å². The van der Waals surface area contributed by atoms with Crippen LogP contribution in [0, 0.1) is 5.41 Å². The average Bonchev–Trinajstić information content (AvgIpc) is 3.13. The number of carbonyl (C=O) groups is 1. The average molecular weight is 335 g/mol. The molecule has 1 aromatic carbocycles. The van der Waals surface area contributed by atoms with E-state index in [0.717, 1.165) is 23.7 Å². The van der Waals surface area contributed by atoms with Crippen molar-refractivity contribution in [2.45, 2.75) is 25.7 Å². The van der Waals surface area contributed by atoms with Gasteiger partial charge in [0, 0.05) is 42.0 Å². The number of ether oxygens (including phenoxy) is 1. The minimum atomic E-state index is -0.0536. The molecule has 0 radical (unpaired) electrons. The maximum atomic E-state index is 12.6. The minimum Gasteiger partial charge on any atom is -0.384 e. The highest BCUT2D eigenvalue weighted by atomic mass is 35.5. The number of methoxy groups -OCH3 is 1. The Kier molecular flexibility index (Phi) is 4.64. The van der Waals surface area contributed by atoms with E-state index in [1.165, 1.54) is 12.8 Å². The van der Waals surface area contributed by atoms with Crippen LogP contribution < -0.4 is 5.32 Å². The molecule has 2 aromatic rings. The van der Waals surface area contributed by atoms with Crippen LogP contribution in [-0.4, -0.2) is 30.7 Å². The first-order valence-electron chi connectivity index (χ1n) is 8.07. The lowest BCUT2D eigenvalue weighted by Gasteiger charge is -2.28. The lowest BCUT2D eigenvalue weighted by Crippen LogP contribution is -2.39. The van der Waals surface area contributed by atoms with Crippen molar-refractivity contribution in [3.8, 4) is 0 Å². The number of benzene rings is 1. The van der Waals surface area contributed by atoms with Crippen LogP contribution in [0.25, 0.3) is 10.9 Å². The van der Waals surface area contributed by atoms with Crippen LogP contribution in [0.3, 0.4) is 0 Å². The summed E-state index contributed by atoms with van der Waals surface area (Å²) in [5, 5.41) is 4.69. The number of aryl methyl sites for hydroxylation is 1. The molecular weight excluding hydrogens is 312 g/mol. The monoisotopic (exact) mass is 334 g/mol. The molecule has 0 atom stereocenters. The highest BCUT2D eigenvalue weighted by Gasteiger charge is 2.34. The quantitative estimate of drug-likeness (QED) is 0.904. The first-order chi connectivity index (χ1) is 11.1. The smallest absolute Gasteiger partial charge is 0.267 e. The molecule has 1 fully saturated rings. The number of nitrogens with zero attached hydrogens (tertiary/aromatic N) is 1. The molecule has 0 bridgehead atoms. The summed E-state index contributed by atoms with van der Waals surface area (Å²) in [4.78, 5) is 12.6. The number of rotatable bonds is 5. The van der Waals surface area contributed by atoms with Crippen molar-refractivity contribution in [2.24, 2.45) is 12.5 Å². The molecule has 23 heavy (non-hydrogen) atoms. The van der Waals surface area contributed by atoms with Gasteiger partial charge in [-0.2, -0.15) is 0 Å². The molecule has 0 aliphatic heterocycles. The SMILES string of the molecule is COCC1(CNC(=O)c2cc3c(Cl)cccc3n2C)CCCC1. The van der Waals surface area contributed by atoms with E-state index in [1.54, 1.807) is 7.11 Å². The van der Waals surface area contributed by atoms with Crippen LogP contribution in [0.2, 0.25) is 5.02 Å². The van der Waals surface area contributed by atoms with Gasteiger partial charge in [0.1, 0.15) is 5.69 Å². The topological polar surface area (TPSA) is 43.3 Å². The Hall–Kier alpha value is -1.52. The van der Waals surface area contributed by atoms with E-state index >= 15 is 0 Å². The highest BCUT2D eigenvalue weighted by molar-refractivity contribution is 6.35. The van der Waals surface area contributed by atoms with E-state index in [-0.39, 0.29) is 11.3 Å². The van der Waals surface area contributed by atoms with Gasteiger partial charge in [0.15, 0.2) is 0 Å². The van der Waals surface area contributed by atoms with Gasteiger partial charge in [0.05, 0.1) is 6.61 Å². The maximum Gasteiger partial charge on any atom is 0.267 e. The normalized spacial score (nSPS) is 16.8. The van der Waals surface area contributed by atoms with Crippen LogP contribution in [-0.2, 0) is 11.8 Å². The second-order valence-corrected chi connectivity index (χ2v) is 6.99. The Morgan fingerprint density at radius 2 is 2.13 bits per heavy atom. The zero-order chi connectivity index (χ0) is 16.4.